The minimum Gasteiger partial charge on any atom is -0.297 e. The number of pyridine rings is 1. The summed E-state index contributed by atoms with van der Waals surface area (Å²) in [4.78, 5) is 6.83. The van der Waals surface area contributed by atoms with Crippen molar-refractivity contribution >= 4 is 9.84 Å². The molecule has 0 saturated carbocycles. The predicted molar refractivity (Wildman–Crippen MR) is 76.7 cm³/mol. The van der Waals surface area contributed by atoms with Crippen molar-refractivity contribution in [1.29, 1.82) is 0 Å². The van der Waals surface area contributed by atoms with Crippen LogP contribution in [0.3, 0.4) is 0 Å². The summed E-state index contributed by atoms with van der Waals surface area (Å²) in [6, 6.07) is 6.05. The summed E-state index contributed by atoms with van der Waals surface area (Å²) in [5.41, 5.74) is 2.10. The molecule has 19 heavy (non-hydrogen) atoms. The lowest BCUT2D eigenvalue weighted by Crippen LogP contribution is -2.37. The number of nitrogens with zero attached hydrogens (tertiary/aromatic N) is 2. The Morgan fingerprint density at radius 1 is 1.42 bits per heavy atom. The number of aryl methyl sites for hydroxylation is 1. The van der Waals surface area contributed by atoms with Crippen LogP contribution < -0.4 is 0 Å². The second-order valence-electron chi connectivity index (χ2n) is 5.61. The van der Waals surface area contributed by atoms with Crippen LogP contribution in [-0.4, -0.2) is 43.4 Å². The highest BCUT2D eigenvalue weighted by molar-refractivity contribution is 7.90. The van der Waals surface area contributed by atoms with Gasteiger partial charge in [0.05, 0.1) is 11.4 Å². The molecule has 1 aromatic rings. The number of rotatable bonds is 4. The molecule has 0 bridgehead atoms. The molecule has 1 atom stereocenters. The van der Waals surface area contributed by atoms with Gasteiger partial charge in [-0.1, -0.05) is 6.07 Å². The fourth-order valence-electron chi connectivity index (χ4n) is 2.78. The lowest BCUT2D eigenvalue weighted by molar-refractivity contribution is 0.176. The van der Waals surface area contributed by atoms with Crippen LogP contribution in [0.25, 0.3) is 0 Å². The Bertz CT molecular complexity index is 528. The van der Waals surface area contributed by atoms with Gasteiger partial charge in [-0.3, -0.25) is 9.88 Å². The van der Waals surface area contributed by atoms with Gasteiger partial charge in [-0.15, -0.1) is 0 Å². The van der Waals surface area contributed by atoms with Gasteiger partial charge in [0, 0.05) is 25.0 Å². The van der Waals surface area contributed by atoms with Crippen molar-refractivity contribution < 1.29 is 8.42 Å². The second-order valence-corrected chi connectivity index (χ2v) is 7.79. The molecule has 1 fully saturated rings. The van der Waals surface area contributed by atoms with Crippen molar-refractivity contribution in [3.63, 3.8) is 0 Å². The third-order valence-electron chi connectivity index (χ3n) is 3.47. The molecule has 0 aliphatic carbocycles. The van der Waals surface area contributed by atoms with Crippen molar-refractivity contribution in [3.8, 4) is 0 Å². The van der Waals surface area contributed by atoms with E-state index in [2.05, 4.69) is 9.88 Å². The maximum atomic E-state index is 11.4. The van der Waals surface area contributed by atoms with E-state index >= 15 is 0 Å². The normalized spacial score (nSPS) is 21.5. The fourth-order valence-corrected chi connectivity index (χ4v) is 3.90. The van der Waals surface area contributed by atoms with Gasteiger partial charge in [0.1, 0.15) is 9.84 Å². The fraction of sp³-hybridized carbons (Fsp3) is 0.643. The molecule has 0 amide bonds. The van der Waals surface area contributed by atoms with E-state index in [1.165, 1.54) is 6.26 Å². The monoisotopic (exact) mass is 282 g/mol. The zero-order chi connectivity index (χ0) is 13.9. The lowest BCUT2D eigenvalue weighted by atomic mass is 10.00. The minimum absolute atomic E-state index is 0.272. The van der Waals surface area contributed by atoms with E-state index in [9.17, 15) is 8.42 Å². The Labute approximate surface area is 115 Å². The first-order valence-electron chi connectivity index (χ1n) is 6.75. The average Bonchev–Trinajstić information content (AvgIpc) is 2.27. The number of hydrogen-bond donors (Lipinski definition) is 0. The van der Waals surface area contributed by atoms with E-state index in [0.29, 0.717) is 5.75 Å². The van der Waals surface area contributed by atoms with E-state index in [4.69, 9.17) is 0 Å². The number of hydrogen-bond acceptors (Lipinski definition) is 4. The van der Waals surface area contributed by atoms with Crippen molar-refractivity contribution in [2.45, 2.75) is 26.3 Å². The smallest absolute Gasteiger partial charge is 0.147 e. The maximum absolute atomic E-state index is 11.4. The Hall–Kier alpha value is -0.940. The van der Waals surface area contributed by atoms with Gasteiger partial charge in [-0.05, 0) is 44.4 Å². The Morgan fingerprint density at radius 2 is 2.21 bits per heavy atom. The third kappa shape index (κ3) is 4.91. The summed E-state index contributed by atoms with van der Waals surface area (Å²) in [5.74, 6) is 0.582. The Kier molecular flexibility index (Phi) is 4.58. The van der Waals surface area contributed by atoms with Gasteiger partial charge in [-0.2, -0.15) is 0 Å². The quantitative estimate of drug-likeness (QED) is 0.842. The molecule has 1 saturated heterocycles. The summed E-state index contributed by atoms with van der Waals surface area (Å²) in [6.07, 6.45) is 3.42. The SMILES string of the molecule is Cc1cccc(CN2CCC[C@H](CS(C)(=O)=O)C2)n1. The maximum Gasteiger partial charge on any atom is 0.147 e. The molecule has 5 heteroatoms. The van der Waals surface area contributed by atoms with Crippen LogP contribution in [0.5, 0.6) is 0 Å². The van der Waals surface area contributed by atoms with Crippen LogP contribution in [0.1, 0.15) is 24.2 Å². The average molecular weight is 282 g/mol. The van der Waals surface area contributed by atoms with Crippen molar-refractivity contribution in [2.24, 2.45) is 5.92 Å². The largest absolute Gasteiger partial charge is 0.297 e. The number of sulfone groups is 1. The van der Waals surface area contributed by atoms with E-state index < -0.39 is 9.84 Å². The van der Waals surface area contributed by atoms with Crippen molar-refractivity contribution in [2.75, 3.05) is 25.1 Å². The van der Waals surface area contributed by atoms with Gasteiger partial charge in [0.2, 0.25) is 0 Å². The first kappa shape index (κ1) is 14.5. The Morgan fingerprint density at radius 3 is 2.89 bits per heavy atom. The molecule has 0 N–H and O–H groups in total. The van der Waals surface area contributed by atoms with E-state index in [1.54, 1.807) is 0 Å². The molecule has 0 aromatic carbocycles. The molecule has 0 spiro atoms. The summed E-state index contributed by atoms with van der Waals surface area (Å²) < 4.78 is 22.8. The molecule has 0 unspecified atom stereocenters. The van der Waals surface area contributed by atoms with Crippen LogP contribution in [0.4, 0.5) is 0 Å². The highest BCUT2D eigenvalue weighted by Crippen LogP contribution is 2.19. The van der Waals surface area contributed by atoms with Crippen LogP contribution in [0.15, 0.2) is 18.2 Å². The van der Waals surface area contributed by atoms with Gasteiger partial charge in [0.25, 0.3) is 0 Å². The minimum atomic E-state index is -2.87. The topological polar surface area (TPSA) is 50.3 Å². The standard InChI is InChI=1S/C14H22N2O2S/c1-12-5-3-7-14(15-12)10-16-8-4-6-13(9-16)11-19(2,17)18/h3,5,7,13H,4,6,8-11H2,1-2H3/t13-/m0/s1. The predicted octanol–water partition coefficient (Wildman–Crippen LogP) is 1.65. The van der Waals surface area contributed by atoms with Crippen LogP contribution in [0.2, 0.25) is 0 Å². The van der Waals surface area contributed by atoms with Gasteiger partial charge >= 0.3 is 0 Å². The molecular formula is C14H22N2O2S. The molecule has 4 nitrogen and oxygen atoms in total. The second kappa shape index (κ2) is 6.01. The molecule has 1 aromatic heterocycles. The van der Waals surface area contributed by atoms with Gasteiger partial charge < -0.3 is 0 Å². The zero-order valence-electron chi connectivity index (χ0n) is 11.7. The molecule has 2 heterocycles. The summed E-state index contributed by atoms with van der Waals surface area (Å²) in [6.45, 7) is 4.71. The first-order valence-corrected chi connectivity index (χ1v) is 8.81. The zero-order valence-corrected chi connectivity index (χ0v) is 12.5. The number of aromatic nitrogens is 1. The van der Waals surface area contributed by atoms with E-state index in [0.717, 1.165) is 43.9 Å². The summed E-state index contributed by atoms with van der Waals surface area (Å²) in [7, 11) is -2.87. The van der Waals surface area contributed by atoms with Gasteiger partial charge in [0.15, 0.2) is 0 Å². The van der Waals surface area contributed by atoms with Crippen LogP contribution >= 0.6 is 0 Å². The molecule has 1 aliphatic heterocycles. The molecule has 0 radical (unpaired) electrons. The summed E-state index contributed by atoms with van der Waals surface area (Å²) >= 11 is 0. The molecule has 2 rings (SSSR count). The number of likely N-dealkylation sites (tertiary alicyclic amines) is 1. The van der Waals surface area contributed by atoms with Crippen molar-refractivity contribution in [3.05, 3.63) is 29.6 Å². The van der Waals surface area contributed by atoms with Crippen LogP contribution in [-0.2, 0) is 16.4 Å². The molecule has 1 aliphatic rings. The van der Waals surface area contributed by atoms with E-state index in [1.807, 2.05) is 25.1 Å². The first-order chi connectivity index (χ1) is 8.92. The van der Waals surface area contributed by atoms with Gasteiger partial charge in [-0.25, -0.2) is 8.42 Å². The highest BCUT2D eigenvalue weighted by Gasteiger charge is 2.23. The third-order valence-corrected chi connectivity index (χ3v) is 4.55. The summed E-state index contributed by atoms with van der Waals surface area (Å²) in [5, 5.41) is 0. The number of piperidine rings is 1. The lowest BCUT2D eigenvalue weighted by Gasteiger charge is -2.32. The molecular weight excluding hydrogens is 260 g/mol. The molecule has 106 valence electrons. The van der Waals surface area contributed by atoms with E-state index in [-0.39, 0.29) is 5.92 Å². The highest BCUT2D eigenvalue weighted by atomic mass is 32.2. The van der Waals surface area contributed by atoms with Crippen LogP contribution in [0, 0.1) is 12.8 Å². The van der Waals surface area contributed by atoms with Crippen molar-refractivity contribution in [1.82, 2.24) is 9.88 Å². The Balaban J connectivity index is 1.94.